The van der Waals surface area contributed by atoms with Crippen molar-refractivity contribution in [2.24, 2.45) is 5.73 Å². The first kappa shape index (κ1) is 25.3. The van der Waals surface area contributed by atoms with Gasteiger partial charge in [0.2, 0.25) is 11.8 Å². The molecule has 3 aliphatic heterocycles. The van der Waals surface area contributed by atoms with Crippen molar-refractivity contribution in [2.45, 2.75) is 57.0 Å². The van der Waals surface area contributed by atoms with Crippen LogP contribution in [0.2, 0.25) is 0 Å². The normalized spacial score (nSPS) is 21.4. The second-order valence-corrected chi connectivity index (χ2v) is 9.45. The molecule has 35 heavy (non-hydrogen) atoms. The molecule has 2 fully saturated rings. The van der Waals surface area contributed by atoms with Gasteiger partial charge in [0.05, 0.1) is 11.1 Å². The third-order valence-electron chi connectivity index (χ3n) is 6.89. The van der Waals surface area contributed by atoms with E-state index in [0.717, 1.165) is 63.2 Å². The Morgan fingerprint density at radius 3 is 2.54 bits per heavy atom. The predicted molar refractivity (Wildman–Crippen MR) is 130 cm³/mol. The molecule has 2 saturated heterocycles. The van der Waals surface area contributed by atoms with Crippen LogP contribution in [-0.4, -0.2) is 84.9 Å². The van der Waals surface area contributed by atoms with Gasteiger partial charge in [0, 0.05) is 44.5 Å². The van der Waals surface area contributed by atoms with Gasteiger partial charge < -0.3 is 20.7 Å². The number of rotatable bonds is 11. The minimum Gasteiger partial charge on any atom is -0.384 e. The van der Waals surface area contributed by atoms with E-state index in [9.17, 15) is 19.2 Å². The molecule has 1 aromatic rings. The first-order chi connectivity index (χ1) is 17.0. The van der Waals surface area contributed by atoms with Crippen molar-refractivity contribution in [1.29, 1.82) is 0 Å². The predicted octanol–water partition coefficient (Wildman–Crippen LogP) is 1.11. The molecule has 0 aliphatic carbocycles. The summed E-state index contributed by atoms with van der Waals surface area (Å²) in [6.45, 7) is 5.27. The molecule has 4 N–H and O–H groups in total. The second-order valence-electron chi connectivity index (χ2n) is 9.45. The van der Waals surface area contributed by atoms with Gasteiger partial charge in [-0.3, -0.25) is 29.4 Å². The van der Waals surface area contributed by atoms with Crippen LogP contribution in [0.1, 0.15) is 65.7 Å². The molecule has 0 spiro atoms. The molecule has 1 atom stereocenters. The fourth-order valence-corrected chi connectivity index (χ4v) is 4.88. The Morgan fingerprint density at radius 2 is 1.77 bits per heavy atom. The Kier molecular flexibility index (Phi) is 8.48. The van der Waals surface area contributed by atoms with E-state index in [1.807, 2.05) is 0 Å². The number of likely N-dealkylation sites (tertiary alicyclic amines) is 1. The van der Waals surface area contributed by atoms with Crippen LogP contribution >= 0.6 is 0 Å². The van der Waals surface area contributed by atoms with E-state index >= 15 is 0 Å². The SMILES string of the molecule is NC1CCN(CCCOCCCCNc2cccc3c2C(=O)N(C2CCC(=O)NC2=O)C3=O)CC1. The zero-order valence-electron chi connectivity index (χ0n) is 20.1. The summed E-state index contributed by atoms with van der Waals surface area (Å²) < 4.78 is 5.76. The highest BCUT2D eigenvalue weighted by atomic mass is 16.5. The Morgan fingerprint density at radius 1 is 1.00 bits per heavy atom. The molecule has 4 amide bonds. The minimum absolute atomic E-state index is 0.101. The topological polar surface area (TPSA) is 134 Å². The summed E-state index contributed by atoms with van der Waals surface area (Å²) in [7, 11) is 0. The summed E-state index contributed by atoms with van der Waals surface area (Å²) in [5, 5.41) is 5.47. The molecular formula is C25H35N5O5. The Hall–Kier alpha value is -2.82. The number of anilines is 1. The zero-order chi connectivity index (χ0) is 24.8. The van der Waals surface area contributed by atoms with Gasteiger partial charge in [-0.25, -0.2) is 0 Å². The van der Waals surface area contributed by atoms with E-state index in [4.69, 9.17) is 10.5 Å². The Balaban J connectivity index is 1.18. The highest BCUT2D eigenvalue weighted by Crippen LogP contribution is 2.32. The van der Waals surface area contributed by atoms with Gasteiger partial charge in [-0.15, -0.1) is 0 Å². The highest BCUT2D eigenvalue weighted by Gasteiger charge is 2.45. The first-order valence-corrected chi connectivity index (χ1v) is 12.6. The number of amides is 4. The van der Waals surface area contributed by atoms with Crippen LogP contribution in [0.5, 0.6) is 0 Å². The minimum atomic E-state index is -0.961. The molecule has 1 unspecified atom stereocenters. The van der Waals surface area contributed by atoms with Gasteiger partial charge in [0.25, 0.3) is 11.8 Å². The number of nitrogens with zero attached hydrogens (tertiary/aromatic N) is 2. The molecule has 10 nitrogen and oxygen atoms in total. The molecule has 0 aromatic heterocycles. The fourth-order valence-electron chi connectivity index (χ4n) is 4.88. The van der Waals surface area contributed by atoms with E-state index in [2.05, 4.69) is 15.5 Å². The summed E-state index contributed by atoms with van der Waals surface area (Å²) >= 11 is 0. The molecule has 3 heterocycles. The smallest absolute Gasteiger partial charge is 0.264 e. The fraction of sp³-hybridized carbons (Fsp3) is 0.600. The van der Waals surface area contributed by atoms with Crippen molar-refractivity contribution < 1.29 is 23.9 Å². The quantitative estimate of drug-likeness (QED) is 0.314. The standard InChI is InChI=1S/C25H35N5O5/c26-17-9-13-29(14-10-17)12-4-16-35-15-2-1-11-27-19-6-3-5-18-22(19)25(34)30(24(18)33)20-7-8-21(31)28-23(20)32/h3,5-6,17,20,27H,1-2,4,7-16,26H2,(H,28,31,32). The second kappa shape index (κ2) is 11.7. The number of carbonyl (C=O) groups is 4. The molecule has 0 saturated carbocycles. The van der Waals surface area contributed by atoms with Gasteiger partial charge in [-0.1, -0.05) is 6.07 Å². The van der Waals surface area contributed by atoms with Crippen molar-refractivity contribution in [2.75, 3.05) is 44.7 Å². The number of fused-ring (bicyclic) bond motifs is 1. The van der Waals surface area contributed by atoms with E-state index in [1.165, 1.54) is 0 Å². The lowest BCUT2D eigenvalue weighted by atomic mass is 10.0. The maximum Gasteiger partial charge on any atom is 0.264 e. The van der Waals surface area contributed by atoms with Crippen LogP contribution in [0.4, 0.5) is 5.69 Å². The summed E-state index contributed by atoms with van der Waals surface area (Å²) in [6.07, 6.45) is 5.15. The lowest BCUT2D eigenvalue weighted by Crippen LogP contribution is -2.54. The number of nitrogens with two attached hydrogens (primary N) is 1. The van der Waals surface area contributed by atoms with E-state index < -0.39 is 23.8 Å². The molecule has 190 valence electrons. The van der Waals surface area contributed by atoms with Gasteiger partial charge in [-0.2, -0.15) is 0 Å². The van der Waals surface area contributed by atoms with Crippen molar-refractivity contribution in [3.63, 3.8) is 0 Å². The number of nitrogens with one attached hydrogen (secondary N) is 2. The number of carbonyl (C=O) groups excluding carboxylic acids is 4. The summed E-state index contributed by atoms with van der Waals surface area (Å²) in [5.41, 5.74) is 7.09. The number of benzene rings is 1. The van der Waals surface area contributed by atoms with Crippen LogP contribution in [0.3, 0.4) is 0 Å². The van der Waals surface area contributed by atoms with Gasteiger partial charge >= 0.3 is 0 Å². The van der Waals surface area contributed by atoms with Crippen LogP contribution in [0, 0.1) is 0 Å². The maximum absolute atomic E-state index is 13.1. The monoisotopic (exact) mass is 485 g/mol. The van der Waals surface area contributed by atoms with Gasteiger partial charge in [-0.05, 0) is 63.7 Å². The van der Waals surface area contributed by atoms with Crippen molar-refractivity contribution in [1.82, 2.24) is 15.1 Å². The number of ether oxygens (including phenoxy) is 1. The van der Waals surface area contributed by atoms with Crippen molar-refractivity contribution in [3.05, 3.63) is 29.3 Å². The molecule has 3 aliphatic rings. The zero-order valence-corrected chi connectivity index (χ0v) is 20.1. The molecule has 4 rings (SSSR count). The Bertz CT molecular complexity index is 960. The average molecular weight is 486 g/mol. The van der Waals surface area contributed by atoms with E-state index in [-0.39, 0.29) is 29.9 Å². The van der Waals surface area contributed by atoms with Crippen LogP contribution in [0.25, 0.3) is 0 Å². The van der Waals surface area contributed by atoms with Gasteiger partial charge in [0.15, 0.2) is 0 Å². The average Bonchev–Trinajstić information content (AvgIpc) is 3.10. The lowest BCUT2D eigenvalue weighted by molar-refractivity contribution is -0.136. The van der Waals surface area contributed by atoms with Crippen molar-refractivity contribution in [3.8, 4) is 0 Å². The largest absolute Gasteiger partial charge is 0.384 e. The number of piperidine rings is 2. The molecule has 0 radical (unpaired) electrons. The third kappa shape index (κ3) is 6.06. The third-order valence-corrected chi connectivity index (χ3v) is 6.89. The lowest BCUT2D eigenvalue weighted by Gasteiger charge is -2.29. The van der Waals surface area contributed by atoms with Crippen LogP contribution in [0.15, 0.2) is 18.2 Å². The first-order valence-electron chi connectivity index (χ1n) is 12.6. The molecule has 0 bridgehead atoms. The number of hydrogen-bond acceptors (Lipinski definition) is 8. The molecule has 10 heteroatoms. The van der Waals surface area contributed by atoms with Gasteiger partial charge in [0.1, 0.15) is 6.04 Å². The number of hydrogen-bond donors (Lipinski definition) is 3. The number of imide groups is 2. The van der Waals surface area contributed by atoms with Crippen LogP contribution < -0.4 is 16.4 Å². The summed E-state index contributed by atoms with van der Waals surface area (Å²) in [4.78, 5) is 53.1. The number of unbranched alkanes of at least 4 members (excludes halogenated alkanes) is 1. The van der Waals surface area contributed by atoms with E-state index in [1.54, 1.807) is 18.2 Å². The molecule has 1 aromatic carbocycles. The highest BCUT2D eigenvalue weighted by molar-refractivity contribution is 6.25. The van der Waals surface area contributed by atoms with Crippen molar-refractivity contribution >= 4 is 29.3 Å². The summed E-state index contributed by atoms with van der Waals surface area (Å²) in [5.74, 6) is -1.99. The summed E-state index contributed by atoms with van der Waals surface area (Å²) in [6, 6.07) is 4.48. The molecular weight excluding hydrogens is 450 g/mol. The van der Waals surface area contributed by atoms with Crippen LogP contribution in [-0.2, 0) is 14.3 Å². The maximum atomic E-state index is 13.1. The van der Waals surface area contributed by atoms with E-state index in [0.29, 0.717) is 24.9 Å². The Labute approximate surface area is 205 Å².